The van der Waals surface area contributed by atoms with Gasteiger partial charge < -0.3 is 10.1 Å². The molecular weight excluding hydrogens is 282 g/mol. The third-order valence-corrected chi connectivity index (χ3v) is 3.20. The molecule has 0 aliphatic carbocycles. The highest BCUT2D eigenvalue weighted by molar-refractivity contribution is 5.95. The molecule has 1 aromatic carbocycles. The molecule has 0 saturated carbocycles. The Morgan fingerprint density at radius 3 is 2.32 bits per heavy atom. The van der Waals surface area contributed by atoms with Crippen LogP contribution in [0.4, 0.5) is 10.5 Å². The van der Waals surface area contributed by atoms with Gasteiger partial charge in [-0.3, -0.25) is 4.57 Å². The summed E-state index contributed by atoms with van der Waals surface area (Å²) in [5.41, 5.74) is 0.683. The number of fused-ring (bicyclic) bond motifs is 1. The number of amides is 1. The number of pyridine rings is 1. The maximum absolute atomic E-state index is 12.2. The van der Waals surface area contributed by atoms with Crippen molar-refractivity contribution in [3.63, 3.8) is 0 Å². The molecular formula is C16H13N3O3. The van der Waals surface area contributed by atoms with Crippen molar-refractivity contribution in [1.29, 1.82) is 0 Å². The molecule has 0 bridgehead atoms. The Bertz CT molecular complexity index is 804. The molecule has 0 unspecified atom stereocenters. The fourth-order valence-corrected chi connectivity index (χ4v) is 2.08. The molecule has 3 aromatic rings. The fraction of sp³-hybridized carbons (Fsp3) is 0.0625. The summed E-state index contributed by atoms with van der Waals surface area (Å²) >= 11 is 0. The summed E-state index contributed by atoms with van der Waals surface area (Å²) in [4.78, 5) is 27.4. The first-order chi connectivity index (χ1) is 10.7. The van der Waals surface area contributed by atoms with Crippen LogP contribution in [0.5, 0.6) is 0 Å². The van der Waals surface area contributed by atoms with E-state index in [1.807, 2.05) is 24.3 Å². The molecule has 2 aromatic heterocycles. The highest BCUT2D eigenvalue weighted by Gasteiger charge is 2.09. The zero-order valence-electron chi connectivity index (χ0n) is 11.8. The second-order valence-electron chi connectivity index (χ2n) is 4.65. The van der Waals surface area contributed by atoms with Gasteiger partial charge in [0, 0.05) is 12.4 Å². The standard InChI is InChI=1S/C16H13N3O3/c1-22-15(20)14-7-6-13(8-17-14)18-16(21)19-9-11-4-2-3-5-12(11)10-19/h2-10H,1H3,(H,18,21). The van der Waals surface area contributed by atoms with E-state index in [0.717, 1.165) is 10.8 Å². The Balaban J connectivity index is 1.77. The van der Waals surface area contributed by atoms with Gasteiger partial charge in [-0.25, -0.2) is 14.6 Å². The van der Waals surface area contributed by atoms with Gasteiger partial charge in [-0.05, 0) is 22.9 Å². The first-order valence-corrected chi connectivity index (χ1v) is 6.60. The van der Waals surface area contributed by atoms with Gasteiger partial charge in [0.05, 0.1) is 19.0 Å². The average Bonchev–Trinajstić information content (AvgIpc) is 2.99. The lowest BCUT2D eigenvalue weighted by atomic mass is 10.2. The van der Waals surface area contributed by atoms with Gasteiger partial charge in [0.1, 0.15) is 5.69 Å². The fourth-order valence-electron chi connectivity index (χ4n) is 2.08. The van der Waals surface area contributed by atoms with E-state index in [4.69, 9.17) is 0 Å². The quantitative estimate of drug-likeness (QED) is 0.738. The van der Waals surface area contributed by atoms with Crippen molar-refractivity contribution in [2.45, 2.75) is 0 Å². The highest BCUT2D eigenvalue weighted by atomic mass is 16.5. The molecule has 0 aliphatic rings. The molecule has 2 heterocycles. The van der Waals surface area contributed by atoms with Crippen LogP contribution in [0, 0.1) is 0 Å². The SMILES string of the molecule is COC(=O)c1ccc(NC(=O)n2cc3ccccc3c2)cn1. The van der Waals surface area contributed by atoms with Crippen LogP contribution in [0.1, 0.15) is 10.5 Å². The van der Waals surface area contributed by atoms with Crippen molar-refractivity contribution in [3.05, 3.63) is 60.7 Å². The normalized spacial score (nSPS) is 10.4. The zero-order valence-corrected chi connectivity index (χ0v) is 11.8. The van der Waals surface area contributed by atoms with Gasteiger partial charge in [0.25, 0.3) is 0 Å². The van der Waals surface area contributed by atoms with E-state index in [1.54, 1.807) is 18.5 Å². The monoisotopic (exact) mass is 295 g/mol. The first-order valence-electron chi connectivity index (χ1n) is 6.60. The Morgan fingerprint density at radius 2 is 1.77 bits per heavy atom. The number of methoxy groups -OCH3 is 1. The van der Waals surface area contributed by atoms with Crippen molar-refractivity contribution in [2.24, 2.45) is 0 Å². The summed E-state index contributed by atoms with van der Waals surface area (Å²) in [7, 11) is 1.29. The number of aromatic nitrogens is 2. The van der Waals surface area contributed by atoms with E-state index in [0.29, 0.717) is 5.69 Å². The summed E-state index contributed by atoms with van der Waals surface area (Å²) in [6.07, 6.45) is 4.91. The van der Waals surface area contributed by atoms with Crippen LogP contribution in [-0.4, -0.2) is 28.7 Å². The van der Waals surface area contributed by atoms with Crippen molar-refractivity contribution in [1.82, 2.24) is 9.55 Å². The lowest BCUT2D eigenvalue weighted by Gasteiger charge is -2.05. The largest absolute Gasteiger partial charge is 0.464 e. The number of nitrogens with zero attached hydrogens (tertiary/aromatic N) is 2. The van der Waals surface area contributed by atoms with Crippen LogP contribution in [-0.2, 0) is 4.74 Å². The molecule has 110 valence electrons. The third kappa shape index (κ3) is 2.67. The number of rotatable bonds is 2. The Kier molecular flexibility index (Phi) is 3.57. The van der Waals surface area contributed by atoms with E-state index in [-0.39, 0.29) is 11.7 Å². The highest BCUT2D eigenvalue weighted by Crippen LogP contribution is 2.15. The summed E-state index contributed by atoms with van der Waals surface area (Å²) in [6.45, 7) is 0. The Hall–Kier alpha value is -3.15. The molecule has 0 spiro atoms. The molecule has 1 N–H and O–H groups in total. The van der Waals surface area contributed by atoms with Crippen molar-refractivity contribution < 1.29 is 14.3 Å². The number of esters is 1. The summed E-state index contributed by atoms with van der Waals surface area (Å²) in [6, 6.07) is 10.5. The maximum Gasteiger partial charge on any atom is 0.356 e. The summed E-state index contributed by atoms with van der Waals surface area (Å²) < 4.78 is 6.04. The van der Waals surface area contributed by atoms with Crippen LogP contribution < -0.4 is 5.32 Å². The number of ether oxygens (including phenoxy) is 1. The maximum atomic E-state index is 12.2. The molecule has 22 heavy (non-hydrogen) atoms. The Morgan fingerprint density at radius 1 is 1.09 bits per heavy atom. The first kappa shape index (κ1) is 13.8. The van der Waals surface area contributed by atoms with Crippen molar-refractivity contribution >= 4 is 28.5 Å². The molecule has 6 heteroatoms. The van der Waals surface area contributed by atoms with Crippen LogP contribution >= 0.6 is 0 Å². The Labute approximate surface area is 126 Å². The van der Waals surface area contributed by atoms with E-state index in [2.05, 4.69) is 15.0 Å². The van der Waals surface area contributed by atoms with Crippen molar-refractivity contribution in [3.8, 4) is 0 Å². The smallest absolute Gasteiger partial charge is 0.356 e. The minimum atomic E-state index is -0.519. The van der Waals surface area contributed by atoms with Gasteiger partial charge in [-0.15, -0.1) is 0 Å². The molecule has 0 saturated heterocycles. The third-order valence-electron chi connectivity index (χ3n) is 3.20. The van der Waals surface area contributed by atoms with Gasteiger partial charge in [0.15, 0.2) is 0 Å². The van der Waals surface area contributed by atoms with Crippen LogP contribution in [0.15, 0.2) is 55.0 Å². The minimum absolute atomic E-state index is 0.187. The molecule has 0 fully saturated rings. The van der Waals surface area contributed by atoms with Gasteiger partial charge in [-0.2, -0.15) is 0 Å². The lowest BCUT2D eigenvalue weighted by Crippen LogP contribution is -2.18. The number of carbonyl (C=O) groups excluding carboxylic acids is 2. The molecule has 6 nitrogen and oxygen atoms in total. The number of benzene rings is 1. The lowest BCUT2D eigenvalue weighted by molar-refractivity contribution is 0.0594. The molecule has 0 radical (unpaired) electrons. The van der Waals surface area contributed by atoms with E-state index in [1.165, 1.54) is 23.9 Å². The minimum Gasteiger partial charge on any atom is -0.464 e. The van der Waals surface area contributed by atoms with Crippen LogP contribution in [0.25, 0.3) is 10.8 Å². The second-order valence-corrected chi connectivity index (χ2v) is 4.65. The predicted octanol–water partition coefficient (Wildman–Crippen LogP) is 2.90. The predicted molar refractivity (Wildman–Crippen MR) is 81.9 cm³/mol. The topological polar surface area (TPSA) is 73.2 Å². The molecule has 0 atom stereocenters. The number of carbonyl (C=O) groups is 2. The van der Waals surface area contributed by atoms with Crippen molar-refractivity contribution in [2.75, 3.05) is 12.4 Å². The molecule has 3 rings (SSSR count). The zero-order chi connectivity index (χ0) is 15.5. The van der Waals surface area contributed by atoms with E-state index in [9.17, 15) is 9.59 Å². The number of hydrogen-bond donors (Lipinski definition) is 1. The van der Waals surface area contributed by atoms with E-state index >= 15 is 0 Å². The van der Waals surface area contributed by atoms with Crippen LogP contribution in [0.3, 0.4) is 0 Å². The van der Waals surface area contributed by atoms with Crippen LogP contribution in [0.2, 0.25) is 0 Å². The van der Waals surface area contributed by atoms with Gasteiger partial charge >= 0.3 is 12.0 Å². The number of nitrogens with one attached hydrogen (secondary N) is 1. The average molecular weight is 295 g/mol. The number of anilines is 1. The molecule has 0 aliphatic heterocycles. The van der Waals surface area contributed by atoms with E-state index < -0.39 is 5.97 Å². The number of hydrogen-bond acceptors (Lipinski definition) is 4. The van der Waals surface area contributed by atoms with Gasteiger partial charge in [0.2, 0.25) is 0 Å². The summed E-state index contributed by atoms with van der Waals surface area (Å²) in [5, 5.41) is 4.68. The summed E-state index contributed by atoms with van der Waals surface area (Å²) in [5.74, 6) is -0.519. The van der Waals surface area contributed by atoms with Gasteiger partial charge in [-0.1, -0.05) is 24.3 Å². The molecule has 1 amide bonds. The second kappa shape index (κ2) is 5.69.